The molecule has 2 aromatic carbocycles. The van der Waals surface area contributed by atoms with Crippen LogP contribution in [0.25, 0.3) is 11.0 Å². The van der Waals surface area contributed by atoms with Crippen LogP contribution in [0.1, 0.15) is 44.0 Å². The van der Waals surface area contributed by atoms with Gasteiger partial charge in [0.2, 0.25) is 5.91 Å². The van der Waals surface area contributed by atoms with Crippen molar-refractivity contribution < 1.29 is 9.53 Å². The topological polar surface area (TPSA) is 56.1 Å². The number of aryl methyl sites for hydroxylation is 2. The van der Waals surface area contributed by atoms with E-state index in [-0.39, 0.29) is 5.91 Å². The highest BCUT2D eigenvalue weighted by Gasteiger charge is 2.10. The summed E-state index contributed by atoms with van der Waals surface area (Å²) < 4.78 is 7.84. The number of nitrogens with zero attached hydrogens (tertiary/aromatic N) is 2. The number of para-hydroxylation sites is 2. The molecule has 3 rings (SSSR count). The van der Waals surface area contributed by atoms with Crippen molar-refractivity contribution in [3.63, 3.8) is 0 Å². The van der Waals surface area contributed by atoms with Gasteiger partial charge in [0.25, 0.3) is 0 Å². The standard InChI is InChI=1S/C25H33N3O2/c1-2-30-20-19-28-23-14-9-8-13-22(23)27-24(28)15-7-4-10-18-26-25(29)17-16-21-11-5-3-6-12-21/h3,5-6,8-9,11-14H,2,4,7,10,15-20H2,1H3,(H,26,29). The molecule has 0 aliphatic carbocycles. The summed E-state index contributed by atoms with van der Waals surface area (Å²) in [6.07, 6.45) is 5.43. The molecule has 1 aromatic heterocycles. The van der Waals surface area contributed by atoms with Gasteiger partial charge in [-0.2, -0.15) is 0 Å². The molecular formula is C25H33N3O2. The molecule has 1 N–H and O–H groups in total. The zero-order chi connectivity index (χ0) is 21.0. The van der Waals surface area contributed by atoms with Crippen molar-refractivity contribution in [1.29, 1.82) is 0 Å². The fourth-order valence-electron chi connectivity index (χ4n) is 3.67. The summed E-state index contributed by atoms with van der Waals surface area (Å²) in [5.74, 6) is 1.26. The second kappa shape index (κ2) is 12.1. The Morgan fingerprint density at radius 3 is 2.63 bits per heavy atom. The summed E-state index contributed by atoms with van der Waals surface area (Å²) in [7, 11) is 0. The first-order chi connectivity index (χ1) is 14.8. The number of unbranched alkanes of at least 4 members (excludes halogenated alkanes) is 2. The molecule has 160 valence electrons. The summed E-state index contributed by atoms with van der Waals surface area (Å²) in [5.41, 5.74) is 3.44. The van der Waals surface area contributed by atoms with E-state index in [4.69, 9.17) is 9.72 Å². The third-order valence-corrected chi connectivity index (χ3v) is 5.28. The average Bonchev–Trinajstić information content (AvgIpc) is 3.13. The van der Waals surface area contributed by atoms with Gasteiger partial charge in [-0.3, -0.25) is 4.79 Å². The van der Waals surface area contributed by atoms with Gasteiger partial charge < -0.3 is 14.6 Å². The van der Waals surface area contributed by atoms with Gasteiger partial charge in [-0.25, -0.2) is 4.98 Å². The van der Waals surface area contributed by atoms with Crippen molar-refractivity contribution in [3.05, 3.63) is 66.0 Å². The quantitative estimate of drug-likeness (QED) is 0.423. The molecular weight excluding hydrogens is 374 g/mol. The van der Waals surface area contributed by atoms with Crippen molar-refractivity contribution in [2.75, 3.05) is 19.8 Å². The lowest BCUT2D eigenvalue weighted by molar-refractivity contribution is -0.121. The van der Waals surface area contributed by atoms with Crippen LogP contribution in [0.4, 0.5) is 0 Å². The number of hydrogen-bond acceptors (Lipinski definition) is 3. The number of rotatable bonds is 13. The smallest absolute Gasteiger partial charge is 0.220 e. The average molecular weight is 408 g/mol. The minimum Gasteiger partial charge on any atom is -0.380 e. The Morgan fingerprint density at radius 2 is 1.80 bits per heavy atom. The normalized spacial score (nSPS) is 11.1. The fraction of sp³-hybridized carbons (Fsp3) is 0.440. The van der Waals surface area contributed by atoms with E-state index < -0.39 is 0 Å². The Hall–Kier alpha value is -2.66. The Kier molecular flexibility index (Phi) is 8.91. The molecule has 30 heavy (non-hydrogen) atoms. The fourth-order valence-corrected chi connectivity index (χ4v) is 3.67. The van der Waals surface area contributed by atoms with Gasteiger partial charge in [0, 0.05) is 32.5 Å². The second-order valence-corrected chi connectivity index (χ2v) is 7.51. The molecule has 0 radical (unpaired) electrons. The van der Waals surface area contributed by atoms with Crippen LogP contribution in [0.2, 0.25) is 0 Å². The van der Waals surface area contributed by atoms with E-state index in [0.29, 0.717) is 13.0 Å². The van der Waals surface area contributed by atoms with Gasteiger partial charge in [-0.15, -0.1) is 0 Å². The molecule has 0 saturated heterocycles. The lowest BCUT2D eigenvalue weighted by atomic mass is 10.1. The molecule has 0 atom stereocenters. The molecule has 5 heteroatoms. The maximum atomic E-state index is 12.0. The maximum Gasteiger partial charge on any atom is 0.220 e. The largest absolute Gasteiger partial charge is 0.380 e. The van der Waals surface area contributed by atoms with E-state index in [9.17, 15) is 4.79 Å². The monoisotopic (exact) mass is 407 g/mol. The van der Waals surface area contributed by atoms with Crippen molar-refractivity contribution in [3.8, 4) is 0 Å². The second-order valence-electron chi connectivity index (χ2n) is 7.51. The van der Waals surface area contributed by atoms with Gasteiger partial charge in [-0.1, -0.05) is 48.9 Å². The molecule has 0 unspecified atom stereocenters. The van der Waals surface area contributed by atoms with Gasteiger partial charge in [0.15, 0.2) is 0 Å². The number of amides is 1. The van der Waals surface area contributed by atoms with Crippen LogP contribution < -0.4 is 5.32 Å². The zero-order valence-electron chi connectivity index (χ0n) is 18.0. The first-order valence-corrected chi connectivity index (χ1v) is 11.1. The number of carbonyl (C=O) groups is 1. The molecule has 0 saturated carbocycles. The number of fused-ring (bicyclic) bond motifs is 1. The minimum absolute atomic E-state index is 0.136. The van der Waals surface area contributed by atoms with Crippen molar-refractivity contribution >= 4 is 16.9 Å². The Bertz CT molecular complexity index is 905. The molecule has 0 fully saturated rings. The molecule has 0 aliphatic heterocycles. The minimum atomic E-state index is 0.136. The summed E-state index contributed by atoms with van der Waals surface area (Å²) in [6.45, 7) is 5.04. The number of hydrogen-bond donors (Lipinski definition) is 1. The van der Waals surface area contributed by atoms with Gasteiger partial charge in [0.05, 0.1) is 17.6 Å². The van der Waals surface area contributed by atoms with Gasteiger partial charge in [0.1, 0.15) is 5.82 Å². The van der Waals surface area contributed by atoms with Crippen LogP contribution in [-0.4, -0.2) is 35.2 Å². The SMILES string of the molecule is CCOCCn1c(CCCCCNC(=O)CCc2ccccc2)nc2ccccc21. The van der Waals surface area contributed by atoms with Crippen molar-refractivity contribution in [2.45, 2.75) is 52.0 Å². The van der Waals surface area contributed by atoms with Crippen LogP contribution >= 0.6 is 0 Å². The van der Waals surface area contributed by atoms with E-state index in [0.717, 1.165) is 63.1 Å². The van der Waals surface area contributed by atoms with Crippen molar-refractivity contribution in [1.82, 2.24) is 14.9 Å². The highest BCUT2D eigenvalue weighted by Crippen LogP contribution is 2.18. The predicted octanol–water partition coefficient (Wildman–Crippen LogP) is 4.53. The Labute approximate surface area is 179 Å². The highest BCUT2D eigenvalue weighted by molar-refractivity contribution is 5.76. The number of aromatic nitrogens is 2. The van der Waals surface area contributed by atoms with E-state index in [1.807, 2.05) is 31.2 Å². The van der Waals surface area contributed by atoms with Gasteiger partial charge in [-0.05, 0) is 43.9 Å². The Morgan fingerprint density at radius 1 is 1.00 bits per heavy atom. The van der Waals surface area contributed by atoms with Crippen LogP contribution in [-0.2, 0) is 28.9 Å². The van der Waals surface area contributed by atoms with E-state index in [1.54, 1.807) is 0 Å². The highest BCUT2D eigenvalue weighted by atomic mass is 16.5. The van der Waals surface area contributed by atoms with E-state index in [2.05, 4.69) is 40.2 Å². The number of nitrogens with one attached hydrogen (secondary N) is 1. The molecule has 1 heterocycles. The summed E-state index contributed by atoms with van der Waals surface area (Å²) in [4.78, 5) is 16.8. The van der Waals surface area contributed by atoms with Gasteiger partial charge >= 0.3 is 0 Å². The molecule has 0 spiro atoms. The number of imidazole rings is 1. The number of ether oxygens (including phenoxy) is 1. The lowest BCUT2D eigenvalue weighted by Gasteiger charge is -2.09. The van der Waals surface area contributed by atoms with Crippen LogP contribution in [0.3, 0.4) is 0 Å². The van der Waals surface area contributed by atoms with Crippen LogP contribution in [0.5, 0.6) is 0 Å². The third-order valence-electron chi connectivity index (χ3n) is 5.28. The summed E-state index contributed by atoms with van der Waals surface area (Å²) in [5, 5.41) is 3.04. The van der Waals surface area contributed by atoms with E-state index >= 15 is 0 Å². The van der Waals surface area contributed by atoms with E-state index in [1.165, 1.54) is 11.1 Å². The number of benzene rings is 2. The third kappa shape index (κ3) is 6.70. The lowest BCUT2D eigenvalue weighted by Crippen LogP contribution is -2.24. The van der Waals surface area contributed by atoms with Crippen LogP contribution in [0, 0.1) is 0 Å². The molecule has 0 bridgehead atoms. The maximum absolute atomic E-state index is 12.0. The molecule has 1 amide bonds. The molecule has 5 nitrogen and oxygen atoms in total. The molecule has 3 aromatic rings. The van der Waals surface area contributed by atoms with Crippen LogP contribution in [0.15, 0.2) is 54.6 Å². The summed E-state index contributed by atoms with van der Waals surface area (Å²) in [6, 6.07) is 18.4. The molecule has 0 aliphatic rings. The first kappa shape index (κ1) is 22.0. The Balaban J connectivity index is 1.37. The van der Waals surface area contributed by atoms with Crippen molar-refractivity contribution in [2.24, 2.45) is 0 Å². The zero-order valence-corrected chi connectivity index (χ0v) is 18.0. The number of carbonyl (C=O) groups excluding carboxylic acids is 1. The predicted molar refractivity (Wildman–Crippen MR) is 122 cm³/mol. The summed E-state index contributed by atoms with van der Waals surface area (Å²) >= 11 is 0. The first-order valence-electron chi connectivity index (χ1n) is 11.1.